The average molecular weight is 283 g/mol. The Bertz CT molecular complexity index is 763. The lowest BCUT2D eigenvalue weighted by atomic mass is 9.96. The third kappa shape index (κ3) is 2.57. The van der Waals surface area contributed by atoms with Gasteiger partial charge in [-0.25, -0.2) is 4.39 Å². The Hall–Kier alpha value is -2.13. The van der Waals surface area contributed by atoms with E-state index in [4.69, 9.17) is 10.2 Å². The van der Waals surface area contributed by atoms with Gasteiger partial charge in [-0.1, -0.05) is 43.3 Å². The van der Waals surface area contributed by atoms with Crippen LogP contribution < -0.4 is 5.73 Å². The van der Waals surface area contributed by atoms with Crippen LogP contribution in [0.2, 0.25) is 0 Å². The first-order chi connectivity index (χ1) is 10.2. The van der Waals surface area contributed by atoms with Gasteiger partial charge in [-0.2, -0.15) is 0 Å². The lowest BCUT2D eigenvalue weighted by Crippen LogP contribution is -2.15. The van der Waals surface area contributed by atoms with E-state index in [2.05, 4.69) is 0 Å². The van der Waals surface area contributed by atoms with Crippen LogP contribution in [-0.4, -0.2) is 0 Å². The number of hydrogen-bond acceptors (Lipinski definition) is 2. The van der Waals surface area contributed by atoms with Gasteiger partial charge in [0.05, 0.1) is 0 Å². The van der Waals surface area contributed by atoms with Crippen molar-refractivity contribution in [3.05, 3.63) is 71.2 Å². The first kappa shape index (κ1) is 13.8. The fraction of sp³-hybridized carbons (Fsp3) is 0.222. The van der Waals surface area contributed by atoms with Crippen molar-refractivity contribution in [1.29, 1.82) is 0 Å². The second-order valence-corrected chi connectivity index (χ2v) is 5.19. The van der Waals surface area contributed by atoms with Crippen molar-refractivity contribution in [2.24, 2.45) is 5.73 Å². The minimum atomic E-state index is -0.277. The molecule has 3 aromatic rings. The van der Waals surface area contributed by atoms with Crippen molar-refractivity contribution in [3.8, 4) is 0 Å². The van der Waals surface area contributed by atoms with Crippen LogP contribution >= 0.6 is 0 Å². The summed E-state index contributed by atoms with van der Waals surface area (Å²) in [5.74, 6) is 0.679. The molecule has 1 unspecified atom stereocenters. The molecule has 0 aliphatic heterocycles. The predicted octanol–water partition coefficient (Wildman–Crippen LogP) is 4.38. The van der Waals surface area contributed by atoms with Gasteiger partial charge in [0, 0.05) is 23.4 Å². The van der Waals surface area contributed by atoms with Crippen LogP contribution in [0.3, 0.4) is 0 Å². The van der Waals surface area contributed by atoms with Gasteiger partial charge < -0.3 is 10.2 Å². The molecule has 0 aliphatic rings. The minimum Gasteiger partial charge on any atom is -0.461 e. The van der Waals surface area contributed by atoms with E-state index in [0.29, 0.717) is 12.0 Å². The monoisotopic (exact) mass is 283 g/mol. The molecule has 3 heteroatoms. The highest BCUT2D eigenvalue weighted by molar-refractivity contribution is 5.82. The van der Waals surface area contributed by atoms with Crippen molar-refractivity contribution < 1.29 is 8.81 Å². The van der Waals surface area contributed by atoms with Crippen molar-refractivity contribution in [1.82, 2.24) is 0 Å². The Balaban J connectivity index is 2.01. The average Bonchev–Trinajstić information content (AvgIpc) is 2.88. The molecule has 2 nitrogen and oxygen atoms in total. The molecule has 0 radical (unpaired) electrons. The van der Waals surface area contributed by atoms with Gasteiger partial charge in [0.15, 0.2) is 0 Å². The largest absolute Gasteiger partial charge is 0.461 e. The van der Waals surface area contributed by atoms with Crippen LogP contribution in [0.5, 0.6) is 0 Å². The van der Waals surface area contributed by atoms with Gasteiger partial charge in [0.1, 0.15) is 17.2 Å². The summed E-state index contributed by atoms with van der Waals surface area (Å²) in [6, 6.07) is 14.4. The lowest BCUT2D eigenvalue weighted by Gasteiger charge is -2.13. The predicted molar refractivity (Wildman–Crippen MR) is 82.6 cm³/mol. The molecule has 1 heterocycles. The maximum Gasteiger partial charge on any atom is 0.134 e. The smallest absolute Gasteiger partial charge is 0.134 e. The standard InChI is InChI=1S/C18H18FNO/c1-2-16-18(13-8-4-6-10-17(13)21-16)15(20)11-12-7-3-5-9-14(12)19/h3-10,15H,2,11,20H2,1H3. The van der Waals surface area contributed by atoms with Crippen LogP contribution in [0.4, 0.5) is 4.39 Å². The van der Waals surface area contributed by atoms with Gasteiger partial charge in [-0.05, 0) is 24.1 Å². The third-order valence-corrected chi connectivity index (χ3v) is 3.80. The summed E-state index contributed by atoms with van der Waals surface area (Å²) in [5.41, 5.74) is 8.83. The van der Waals surface area contributed by atoms with E-state index in [9.17, 15) is 4.39 Å². The maximum atomic E-state index is 13.8. The SMILES string of the molecule is CCc1oc2ccccc2c1C(N)Cc1ccccc1F. The molecule has 2 aromatic carbocycles. The molecule has 0 bridgehead atoms. The summed E-state index contributed by atoms with van der Waals surface area (Å²) in [6.07, 6.45) is 1.23. The number of furan rings is 1. The van der Waals surface area contributed by atoms with Gasteiger partial charge >= 0.3 is 0 Å². The molecule has 0 aliphatic carbocycles. The number of aryl methyl sites for hydroxylation is 1. The fourth-order valence-electron chi connectivity index (χ4n) is 2.79. The Morgan fingerprint density at radius 3 is 2.57 bits per heavy atom. The van der Waals surface area contributed by atoms with Gasteiger partial charge in [-0.3, -0.25) is 0 Å². The van der Waals surface area contributed by atoms with Crippen LogP contribution in [-0.2, 0) is 12.8 Å². The fourth-order valence-corrected chi connectivity index (χ4v) is 2.79. The summed E-state index contributed by atoms with van der Waals surface area (Å²) in [7, 11) is 0. The van der Waals surface area contributed by atoms with Crippen LogP contribution in [0.1, 0.15) is 29.9 Å². The van der Waals surface area contributed by atoms with Gasteiger partial charge in [-0.15, -0.1) is 0 Å². The number of rotatable bonds is 4. The molecule has 0 amide bonds. The third-order valence-electron chi connectivity index (χ3n) is 3.80. The highest BCUT2D eigenvalue weighted by Gasteiger charge is 2.20. The van der Waals surface area contributed by atoms with Gasteiger partial charge in [0.2, 0.25) is 0 Å². The van der Waals surface area contributed by atoms with E-state index in [1.807, 2.05) is 37.3 Å². The van der Waals surface area contributed by atoms with Gasteiger partial charge in [0.25, 0.3) is 0 Å². The summed E-state index contributed by atoms with van der Waals surface area (Å²) in [6.45, 7) is 2.04. The molecule has 3 rings (SSSR count). The maximum absolute atomic E-state index is 13.8. The Labute approximate surface area is 123 Å². The Morgan fingerprint density at radius 1 is 1.10 bits per heavy atom. The zero-order valence-corrected chi connectivity index (χ0v) is 12.0. The van der Waals surface area contributed by atoms with E-state index in [1.165, 1.54) is 6.07 Å². The molecule has 0 saturated heterocycles. The number of fused-ring (bicyclic) bond motifs is 1. The van der Waals surface area contributed by atoms with Crippen LogP contribution in [0.25, 0.3) is 11.0 Å². The van der Waals surface area contributed by atoms with Crippen molar-refractivity contribution in [3.63, 3.8) is 0 Å². The lowest BCUT2D eigenvalue weighted by molar-refractivity contribution is 0.537. The molecule has 0 fully saturated rings. The first-order valence-corrected chi connectivity index (χ1v) is 7.20. The second-order valence-electron chi connectivity index (χ2n) is 5.19. The molecular formula is C18H18FNO. The topological polar surface area (TPSA) is 39.2 Å². The quantitative estimate of drug-likeness (QED) is 0.772. The van der Waals surface area contributed by atoms with Crippen molar-refractivity contribution >= 4 is 11.0 Å². The highest BCUT2D eigenvalue weighted by atomic mass is 19.1. The summed E-state index contributed by atoms with van der Waals surface area (Å²) in [5, 5.41) is 1.03. The molecule has 0 spiro atoms. The van der Waals surface area contributed by atoms with Crippen molar-refractivity contribution in [2.45, 2.75) is 25.8 Å². The number of hydrogen-bond donors (Lipinski definition) is 1. The molecule has 1 aromatic heterocycles. The normalized spacial score (nSPS) is 12.7. The molecule has 0 saturated carbocycles. The molecule has 21 heavy (non-hydrogen) atoms. The van der Waals surface area contributed by atoms with Crippen LogP contribution in [0.15, 0.2) is 52.9 Å². The van der Waals surface area contributed by atoms with E-state index in [-0.39, 0.29) is 11.9 Å². The van der Waals surface area contributed by atoms with E-state index < -0.39 is 0 Å². The molecular weight excluding hydrogens is 265 g/mol. The van der Waals surface area contributed by atoms with Crippen LogP contribution in [0, 0.1) is 5.82 Å². The number of benzene rings is 2. The summed E-state index contributed by atoms with van der Waals surface area (Å²) in [4.78, 5) is 0. The summed E-state index contributed by atoms with van der Waals surface area (Å²) >= 11 is 0. The first-order valence-electron chi connectivity index (χ1n) is 7.20. The van der Waals surface area contributed by atoms with Crippen molar-refractivity contribution in [2.75, 3.05) is 0 Å². The zero-order chi connectivity index (χ0) is 14.8. The number of nitrogens with two attached hydrogens (primary N) is 1. The number of halogens is 1. The number of para-hydroxylation sites is 1. The zero-order valence-electron chi connectivity index (χ0n) is 12.0. The Kier molecular flexibility index (Phi) is 3.76. The van der Waals surface area contributed by atoms with E-state index in [0.717, 1.165) is 28.7 Å². The summed E-state index contributed by atoms with van der Waals surface area (Å²) < 4.78 is 19.7. The molecule has 108 valence electrons. The highest BCUT2D eigenvalue weighted by Crippen LogP contribution is 2.32. The Morgan fingerprint density at radius 2 is 1.81 bits per heavy atom. The molecule has 1 atom stereocenters. The van der Waals surface area contributed by atoms with E-state index in [1.54, 1.807) is 12.1 Å². The minimum absolute atomic E-state index is 0.209. The second kappa shape index (κ2) is 5.70. The molecule has 2 N–H and O–H groups in total. The van der Waals surface area contributed by atoms with E-state index >= 15 is 0 Å².